The third-order valence-electron chi connectivity index (χ3n) is 2.94. The van der Waals surface area contributed by atoms with Gasteiger partial charge in [-0.25, -0.2) is 0 Å². The molecule has 2 aromatic carbocycles. The Balaban J connectivity index is 2.06. The van der Waals surface area contributed by atoms with E-state index in [9.17, 15) is 9.59 Å². The monoisotopic (exact) mass is 280 g/mol. The number of Topliss-reactive ketones (excluding diaryl/α,β-unsaturated/α-hetero) is 2. The summed E-state index contributed by atoms with van der Waals surface area (Å²) in [6, 6.07) is 15.6. The fraction of sp³-hybridized carbons (Fsp3) is 0.111. The second-order valence-corrected chi connectivity index (χ2v) is 4.52. The molecule has 3 nitrogen and oxygen atoms in total. The van der Waals surface area contributed by atoms with Crippen molar-refractivity contribution < 1.29 is 14.3 Å². The molecule has 0 heterocycles. The van der Waals surface area contributed by atoms with E-state index in [0.29, 0.717) is 23.5 Å². The van der Waals surface area contributed by atoms with Gasteiger partial charge >= 0.3 is 0 Å². The molecule has 106 valence electrons. The van der Waals surface area contributed by atoms with Crippen molar-refractivity contribution in [3.63, 3.8) is 0 Å². The van der Waals surface area contributed by atoms with Crippen molar-refractivity contribution in [3.8, 4) is 5.75 Å². The Hall–Kier alpha value is -2.68. The SMILES string of the molecule is C=CCOc1cccc(C(=O)CC(=O)c2ccccc2)c1. The zero-order valence-corrected chi connectivity index (χ0v) is 11.6. The lowest BCUT2D eigenvalue weighted by atomic mass is 10.0. The number of ketones is 2. The third-order valence-corrected chi connectivity index (χ3v) is 2.94. The summed E-state index contributed by atoms with van der Waals surface area (Å²) in [5.74, 6) is 0.193. The molecule has 0 aliphatic carbocycles. The lowest BCUT2D eigenvalue weighted by molar-refractivity contribution is 0.0894. The van der Waals surface area contributed by atoms with Crippen LogP contribution in [0.25, 0.3) is 0 Å². The summed E-state index contributed by atoms with van der Waals surface area (Å²) in [5, 5.41) is 0. The molecule has 0 saturated heterocycles. The number of carbonyl (C=O) groups is 2. The van der Waals surface area contributed by atoms with Crippen LogP contribution in [0.15, 0.2) is 67.3 Å². The van der Waals surface area contributed by atoms with Gasteiger partial charge in [0.15, 0.2) is 11.6 Å². The first kappa shape index (κ1) is 14.7. The highest BCUT2D eigenvalue weighted by molar-refractivity contribution is 6.13. The smallest absolute Gasteiger partial charge is 0.170 e. The number of benzene rings is 2. The number of ether oxygens (including phenoxy) is 1. The van der Waals surface area contributed by atoms with Gasteiger partial charge in [-0.2, -0.15) is 0 Å². The molecular formula is C18H16O3. The highest BCUT2D eigenvalue weighted by atomic mass is 16.5. The van der Waals surface area contributed by atoms with Crippen LogP contribution in [0.4, 0.5) is 0 Å². The predicted molar refractivity (Wildman–Crippen MR) is 81.9 cm³/mol. The minimum Gasteiger partial charge on any atom is -0.490 e. The van der Waals surface area contributed by atoms with Crippen molar-refractivity contribution in [1.29, 1.82) is 0 Å². The number of rotatable bonds is 7. The maximum atomic E-state index is 12.2. The van der Waals surface area contributed by atoms with Crippen LogP contribution in [0.5, 0.6) is 5.75 Å². The van der Waals surface area contributed by atoms with E-state index in [1.165, 1.54) is 0 Å². The molecule has 0 saturated carbocycles. The molecule has 0 unspecified atom stereocenters. The number of hydrogen-bond donors (Lipinski definition) is 0. The molecule has 0 spiro atoms. The fourth-order valence-electron chi connectivity index (χ4n) is 1.89. The molecule has 21 heavy (non-hydrogen) atoms. The van der Waals surface area contributed by atoms with Crippen molar-refractivity contribution in [3.05, 3.63) is 78.4 Å². The summed E-state index contributed by atoms with van der Waals surface area (Å²) >= 11 is 0. The topological polar surface area (TPSA) is 43.4 Å². The van der Waals surface area contributed by atoms with Crippen LogP contribution in [0.1, 0.15) is 27.1 Å². The van der Waals surface area contributed by atoms with E-state index in [1.807, 2.05) is 6.07 Å². The van der Waals surface area contributed by atoms with Crippen LogP contribution in [0, 0.1) is 0 Å². The van der Waals surface area contributed by atoms with Gasteiger partial charge in [-0.3, -0.25) is 9.59 Å². The lowest BCUT2D eigenvalue weighted by Gasteiger charge is -2.05. The van der Waals surface area contributed by atoms with Gasteiger partial charge in [-0.1, -0.05) is 55.1 Å². The average Bonchev–Trinajstić information content (AvgIpc) is 2.54. The van der Waals surface area contributed by atoms with Crippen molar-refractivity contribution in [2.45, 2.75) is 6.42 Å². The van der Waals surface area contributed by atoms with Gasteiger partial charge in [0.2, 0.25) is 0 Å². The van der Waals surface area contributed by atoms with E-state index in [0.717, 1.165) is 0 Å². The minimum atomic E-state index is -0.215. The highest BCUT2D eigenvalue weighted by Crippen LogP contribution is 2.16. The Morgan fingerprint density at radius 3 is 2.33 bits per heavy atom. The Kier molecular flexibility index (Phi) is 5.04. The predicted octanol–water partition coefficient (Wildman–Crippen LogP) is 3.71. The Bertz CT molecular complexity index is 645. The largest absolute Gasteiger partial charge is 0.490 e. The molecule has 0 amide bonds. The summed E-state index contributed by atoms with van der Waals surface area (Å²) < 4.78 is 5.38. The van der Waals surface area contributed by atoms with E-state index < -0.39 is 0 Å². The van der Waals surface area contributed by atoms with E-state index >= 15 is 0 Å². The molecule has 0 aliphatic rings. The number of carbonyl (C=O) groups excluding carboxylic acids is 2. The molecule has 3 heteroatoms. The van der Waals surface area contributed by atoms with Crippen molar-refractivity contribution in [2.24, 2.45) is 0 Å². The maximum Gasteiger partial charge on any atom is 0.170 e. The van der Waals surface area contributed by atoms with Crippen LogP contribution >= 0.6 is 0 Å². The molecule has 2 aromatic rings. The van der Waals surface area contributed by atoms with Crippen molar-refractivity contribution in [2.75, 3.05) is 6.61 Å². The summed E-state index contributed by atoms with van der Waals surface area (Å²) in [5.41, 5.74) is 1.02. The van der Waals surface area contributed by atoms with Crippen molar-refractivity contribution >= 4 is 11.6 Å². The third kappa shape index (κ3) is 4.14. The van der Waals surface area contributed by atoms with Gasteiger partial charge in [-0.05, 0) is 12.1 Å². The second kappa shape index (κ2) is 7.20. The quantitative estimate of drug-likeness (QED) is 0.441. The van der Waals surface area contributed by atoms with Crippen LogP contribution in [-0.4, -0.2) is 18.2 Å². The van der Waals surface area contributed by atoms with E-state index in [4.69, 9.17) is 4.74 Å². The lowest BCUT2D eigenvalue weighted by Crippen LogP contribution is -2.08. The van der Waals surface area contributed by atoms with Crippen LogP contribution in [0.3, 0.4) is 0 Å². The standard InChI is InChI=1S/C18H16O3/c1-2-11-21-16-10-6-9-15(12-16)18(20)13-17(19)14-7-4-3-5-8-14/h2-10,12H,1,11,13H2. The summed E-state index contributed by atoms with van der Waals surface area (Å²) in [4.78, 5) is 24.2. The van der Waals surface area contributed by atoms with E-state index in [1.54, 1.807) is 54.6 Å². The molecular weight excluding hydrogens is 264 g/mol. The minimum absolute atomic E-state index is 0.144. The van der Waals surface area contributed by atoms with Crippen molar-refractivity contribution in [1.82, 2.24) is 0 Å². The van der Waals surface area contributed by atoms with Crippen LogP contribution in [0.2, 0.25) is 0 Å². The summed E-state index contributed by atoms with van der Waals surface area (Å²) in [6.45, 7) is 3.95. The average molecular weight is 280 g/mol. The zero-order chi connectivity index (χ0) is 15.1. The normalized spacial score (nSPS) is 9.90. The van der Waals surface area contributed by atoms with Gasteiger partial charge in [0.1, 0.15) is 12.4 Å². The van der Waals surface area contributed by atoms with Gasteiger partial charge in [-0.15, -0.1) is 0 Å². The number of hydrogen-bond acceptors (Lipinski definition) is 3. The molecule has 0 radical (unpaired) electrons. The first-order valence-corrected chi connectivity index (χ1v) is 6.66. The first-order chi connectivity index (χ1) is 10.2. The van der Waals surface area contributed by atoms with Crippen LogP contribution in [-0.2, 0) is 0 Å². The Morgan fingerprint density at radius 2 is 1.62 bits per heavy atom. The molecule has 0 aliphatic heterocycles. The van der Waals surface area contributed by atoms with Gasteiger partial charge in [0, 0.05) is 11.1 Å². The molecule has 0 aromatic heterocycles. The first-order valence-electron chi connectivity index (χ1n) is 6.66. The van der Waals surface area contributed by atoms with Gasteiger partial charge < -0.3 is 4.74 Å². The Labute approximate surface area is 123 Å². The van der Waals surface area contributed by atoms with Crippen LogP contribution < -0.4 is 4.74 Å². The Morgan fingerprint density at radius 1 is 0.952 bits per heavy atom. The summed E-state index contributed by atoms with van der Waals surface area (Å²) in [6.07, 6.45) is 1.49. The fourth-order valence-corrected chi connectivity index (χ4v) is 1.89. The van der Waals surface area contributed by atoms with Gasteiger partial charge in [0.25, 0.3) is 0 Å². The second-order valence-electron chi connectivity index (χ2n) is 4.52. The molecule has 2 rings (SSSR count). The van der Waals surface area contributed by atoms with Gasteiger partial charge in [0.05, 0.1) is 6.42 Å². The summed E-state index contributed by atoms with van der Waals surface area (Å²) in [7, 11) is 0. The molecule has 0 bridgehead atoms. The molecule has 0 atom stereocenters. The van der Waals surface area contributed by atoms with E-state index in [2.05, 4.69) is 6.58 Å². The highest BCUT2D eigenvalue weighted by Gasteiger charge is 2.13. The van der Waals surface area contributed by atoms with E-state index in [-0.39, 0.29) is 18.0 Å². The maximum absolute atomic E-state index is 12.2. The molecule has 0 fully saturated rings. The molecule has 0 N–H and O–H groups in total. The zero-order valence-electron chi connectivity index (χ0n) is 11.6.